The summed E-state index contributed by atoms with van der Waals surface area (Å²) in [5.74, 6) is 0. The Hall–Kier alpha value is -4.10. The number of hydrogen-bond donors (Lipinski definition) is 0. The number of nitrogens with zero attached hydrogens (tertiary/aromatic N) is 1. The molecule has 5 rings (SSSR count). The van der Waals surface area contributed by atoms with Crippen molar-refractivity contribution in [3.05, 3.63) is 138 Å². The van der Waals surface area contributed by atoms with Gasteiger partial charge in [0.1, 0.15) is 0 Å². The number of hydrogen-bond acceptors (Lipinski definition) is 1. The lowest BCUT2D eigenvalue weighted by Crippen LogP contribution is -2.13. The Morgan fingerprint density at radius 1 is 0.412 bits per heavy atom. The molecule has 0 N–H and O–H groups in total. The average Bonchev–Trinajstić information content (AvgIpc) is 2.87. The van der Waals surface area contributed by atoms with E-state index in [2.05, 4.69) is 147 Å². The highest BCUT2D eigenvalue weighted by atomic mass is 15.1. The average molecular weight is 440 g/mol. The third-order valence-corrected chi connectivity index (χ3v) is 6.32. The molecule has 0 unspecified atom stereocenters. The maximum Gasteiger partial charge on any atom is 0.0520 e. The SMILES string of the molecule is Cc1cc(C)c(N(c2ccc(-c3ccccc3)cc2)c2ccc(-c3ccccc3)cc2)c(C)c1. The van der Waals surface area contributed by atoms with Crippen molar-refractivity contribution in [3.8, 4) is 22.3 Å². The first-order valence-corrected chi connectivity index (χ1v) is 11.8. The molecule has 0 fully saturated rings. The van der Waals surface area contributed by atoms with E-state index in [0.717, 1.165) is 11.4 Å². The van der Waals surface area contributed by atoms with Crippen molar-refractivity contribution in [2.24, 2.45) is 0 Å². The molecule has 0 radical (unpaired) electrons. The molecular weight excluding hydrogens is 410 g/mol. The number of rotatable bonds is 5. The molecule has 34 heavy (non-hydrogen) atoms. The highest BCUT2D eigenvalue weighted by molar-refractivity contribution is 5.82. The first-order valence-electron chi connectivity index (χ1n) is 11.8. The number of benzene rings is 5. The van der Waals surface area contributed by atoms with E-state index >= 15 is 0 Å². The molecule has 0 aliphatic heterocycles. The van der Waals surface area contributed by atoms with Crippen LogP contribution in [0.15, 0.2) is 121 Å². The lowest BCUT2D eigenvalue weighted by molar-refractivity contribution is 1.20. The Bertz CT molecular complexity index is 1280. The van der Waals surface area contributed by atoms with Crippen molar-refractivity contribution in [1.82, 2.24) is 0 Å². The van der Waals surface area contributed by atoms with Crippen LogP contribution >= 0.6 is 0 Å². The Kier molecular flexibility index (Phi) is 6.01. The molecule has 1 nitrogen and oxygen atoms in total. The van der Waals surface area contributed by atoms with Crippen molar-refractivity contribution in [2.45, 2.75) is 20.8 Å². The molecule has 0 aliphatic rings. The monoisotopic (exact) mass is 439 g/mol. The molecular formula is C33H29N. The molecule has 5 aromatic carbocycles. The molecule has 0 spiro atoms. The van der Waals surface area contributed by atoms with Gasteiger partial charge in [-0.15, -0.1) is 0 Å². The van der Waals surface area contributed by atoms with Crippen LogP contribution < -0.4 is 4.90 Å². The summed E-state index contributed by atoms with van der Waals surface area (Å²) >= 11 is 0. The quantitative estimate of drug-likeness (QED) is 0.263. The molecule has 0 aliphatic carbocycles. The van der Waals surface area contributed by atoms with Crippen LogP contribution in [-0.2, 0) is 0 Å². The summed E-state index contributed by atoms with van der Waals surface area (Å²) in [6.45, 7) is 6.58. The van der Waals surface area contributed by atoms with E-state index in [0.29, 0.717) is 0 Å². The first kappa shape index (κ1) is 21.7. The Labute approximate surface area is 203 Å². The van der Waals surface area contributed by atoms with Crippen molar-refractivity contribution in [2.75, 3.05) is 4.90 Å². The van der Waals surface area contributed by atoms with Crippen LogP contribution in [-0.4, -0.2) is 0 Å². The van der Waals surface area contributed by atoms with E-state index in [9.17, 15) is 0 Å². The minimum absolute atomic E-state index is 1.15. The molecule has 0 atom stereocenters. The van der Waals surface area contributed by atoms with Gasteiger partial charge < -0.3 is 4.90 Å². The van der Waals surface area contributed by atoms with Gasteiger partial charge in [-0.2, -0.15) is 0 Å². The van der Waals surface area contributed by atoms with E-state index in [-0.39, 0.29) is 0 Å². The van der Waals surface area contributed by atoms with E-state index < -0.39 is 0 Å². The lowest BCUT2D eigenvalue weighted by Gasteiger charge is -2.29. The van der Waals surface area contributed by atoms with Crippen LogP contribution in [0.25, 0.3) is 22.3 Å². The van der Waals surface area contributed by atoms with E-state index in [1.165, 1.54) is 44.6 Å². The first-order chi connectivity index (χ1) is 16.6. The molecule has 0 saturated heterocycles. The highest BCUT2D eigenvalue weighted by Crippen LogP contribution is 2.40. The molecule has 0 bridgehead atoms. The molecule has 0 amide bonds. The summed E-state index contributed by atoms with van der Waals surface area (Å²) in [5.41, 5.74) is 12.3. The van der Waals surface area contributed by atoms with Gasteiger partial charge in [0.2, 0.25) is 0 Å². The van der Waals surface area contributed by atoms with Crippen LogP contribution in [0.1, 0.15) is 16.7 Å². The normalized spacial score (nSPS) is 10.8. The highest BCUT2D eigenvalue weighted by Gasteiger charge is 2.17. The minimum Gasteiger partial charge on any atom is -0.310 e. The fraction of sp³-hybridized carbons (Fsp3) is 0.0909. The van der Waals surface area contributed by atoms with E-state index in [1.807, 2.05) is 0 Å². The van der Waals surface area contributed by atoms with Gasteiger partial charge in [0.05, 0.1) is 5.69 Å². The third-order valence-electron chi connectivity index (χ3n) is 6.32. The summed E-state index contributed by atoms with van der Waals surface area (Å²) < 4.78 is 0. The Morgan fingerprint density at radius 2 is 0.765 bits per heavy atom. The number of aryl methyl sites for hydroxylation is 3. The van der Waals surface area contributed by atoms with Gasteiger partial charge in [-0.3, -0.25) is 0 Å². The Morgan fingerprint density at radius 3 is 1.15 bits per heavy atom. The van der Waals surface area contributed by atoms with Crippen molar-refractivity contribution >= 4 is 17.1 Å². The van der Waals surface area contributed by atoms with Crippen molar-refractivity contribution in [3.63, 3.8) is 0 Å². The van der Waals surface area contributed by atoms with Crippen LogP contribution in [0.3, 0.4) is 0 Å². The van der Waals surface area contributed by atoms with Crippen molar-refractivity contribution < 1.29 is 0 Å². The Balaban J connectivity index is 1.60. The second kappa shape index (κ2) is 9.41. The second-order valence-electron chi connectivity index (χ2n) is 8.91. The van der Waals surface area contributed by atoms with Gasteiger partial charge in [0.15, 0.2) is 0 Å². The zero-order valence-corrected chi connectivity index (χ0v) is 20.0. The number of anilines is 3. The fourth-order valence-electron chi connectivity index (χ4n) is 4.80. The minimum atomic E-state index is 1.15. The molecule has 0 aromatic heterocycles. The maximum absolute atomic E-state index is 2.38. The van der Waals surface area contributed by atoms with Crippen LogP contribution in [0.5, 0.6) is 0 Å². The zero-order valence-electron chi connectivity index (χ0n) is 20.0. The van der Waals surface area contributed by atoms with Crippen molar-refractivity contribution in [1.29, 1.82) is 0 Å². The summed E-state index contributed by atoms with van der Waals surface area (Å²) in [5, 5.41) is 0. The standard InChI is InChI=1S/C33H29N/c1-24-22-25(2)33(26(3)23-24)34(31-18-14-29(15-19-31)27-10-6-4-7-11-27)32-20-16-30(17-21-32)28-12-8-5-9-13-28/h4-23H,1-3H3. The topological polar surface area (TPSA) is 3.24 Å². The van der Waals surface area contributed by atoms with E-state index in [4.69, 9.17) is 0 Å². The van der Waals surface area contributed by atoms with Gasteiger partial charge in [0, 0.05) is 11.4 Å². The largest absolute Gasteiger partial charge is 0.310 e. The predicted octanol–water partition coefficient (Wildman–Crippen LogP) is 9.42. The van der Waals surface area contributed by atoms with E-state index in [1.54, 1.807) is 0 Å². The van der Waals surface area contributed by atoms with Gasteiger partial charge in [-0.05, 0) is 78.4 Å². The summed E-state index contributed by atoms with van der Waals surface area (Å²) in [4.78, 5) is 2.38. The van der Waals surface area contributed by atoms with Gasteiger partial charge in [-0.1, -0.05) is 103 Å². The zero-order chi connectivity index (χ0) is 23.5. The van der Waals surface area contributed by atoms with Crippen LogP contribution in [0.4, 0.5) is 17.1 Å². The van der Waals surface area contributed by atoms with Crippen LogP contribution in [0.2, 0.25) is 0 Å². The van der Waals surface area contributed by atoms with Gasteiger partial charge >= 0.3 is 0 Å². The summed E-state index contributed by atoms with van der Waals surface area (Å²) in [7, 11) is 0. The summed E-state index contributed by atoms with van der Waals surface area (Å²) in [6.07, 6.45) is 0. The lowest BCUT2D eigenvalue weighted by atomic mass is 10.0. The third kappa shape index (κ3) is 4.38. The molecule has 0 heterocycles. The maximum atomic E-state index is 2.38. The molecule has 0 saturated carbocycles. The van der Waals surface area contributed by atoms with Crippen LogP contribution in [0, 0.1) is 20.8 Å². The molecule has 1 heteroatoms. The molecule has 5 aromatic rings. The second-order valence-corrected chi connectivity index (χ2v) is 8.91. The molecule has 166 valence electrons. The predicted molar refractivity (Wildman–Crippen MR) is 146 cm³/mol. The summed E-state index contributed by atoms with van der Waals surface area (Å²) in [6, 6.07) is 43.4. The fourth-order valence-corrected chi connectivity index (χ4v) is 4.80. The van der Waals surface area contributed by atoms with Gasteiger partial charge in [-0.25, -0.2) is 0 Å². The van der Waals surface area contributed by atoms with Gasteiger partial charge in [0.25, 0.3) is 0 Å². The smallest absolute Gasteiger partial charge is 0.0520 e.